The van der Waals surface area contributed by atoms with Gasteiger partial charge in [-0.25, -0.2) is 0 Å². The number of nitrogens with two attached hydrogens (primary N) is 1. The average molecular weight is 519 g/mol. The number of hydrogen-bond acceptors (Lipinski definition) is 2. The molecule has 0 aromatic heterocycles. The van der Waals surface area contributed by atoms with Crippen molar-refractivity contribution in [3.63, 3.8) is 0 Å². The van der Waals surface area contributed by atoms with Gasteiger partial charge in [0, 0.05) is 10.9 Å². The second-order valence-electron chi connectivity index (χ2n) is 10.3. The van der Waals surface area contributed by atoms with E-state index in [2.05, 4.69) is 147 Å². The summed E-state index contributed by atoms with van der Waals surface area (Å²) in [5.74, 6) is 6.22. The molecular formula is C38H34N2. The summed E-state index contributed by atoms with van der Waals surface area (Å²) < 4.78 is 0. The predicted octanol–water partition coefficient (Wildman–Crippen LogP) is 9.92. The summed E-state index contributed by atoms with van der Waals surface area (Å²) in [6.07, 6.45) is 2.10. The van der Waals surface area contributed by atoms with Crippen molar-refractivity contribution in [3.05, 3.63) is 139 Å². The molecule has 0 aliphatic rings. The van der Waals surface area contributed by atoms with Crippen LogP contribution in [-0.4, -0.2) is 0 Å². The highest BCUT2D eigenvalue weighted by Crippen LogP contribution is 2.43. The second kappa shape index (κ2) is 11.2. The Morgan fingerprint density at radius 1 is 0.500 bits per heavy atom. The topological polar surface area (TPSA) is 38.0 Å². The highest BCUT2D eigenvalue weighted by Gasteiger charge is 2.17. The second-order valence-corrected chi connectivity index (χ2v) is 10.3. The van der Waals surface area contributed by atoms with Gasteiger partial charge in [0.1, 0.15) is 0 Å². The molecule has 40 heavy (non-hydrogen) atoms. The molecular weight excluding hydrogens is 484 g/mol. The standard InChI is InChI=1S/C38H34N2/c1-3-26-9-13-28(14-10-26)30-17-21-32(22-18-30)36-25-34-7-5-6-8-35(34)38(40-39)37(36)33-23-19-31(20-24-33)29-15-11-27(4-2)12-16-29/h5-25,40H,3-4,39H2,1-2H3. The minimum Gasteiger partial charge on any atom is -0.323 e. The first-order valence-corrected chi connectivity index (χ1v) is 14.1. The molecule has 0 bridgehead atoms. The van der Waals surface area contributed by atoms with Crippen LogP contribution < -0.4 is 11.3 Å². The lowest BCUT2D eigenvalue weighted by Gasteiger charge is -2.19. The highest BCUT2D eigenvalue weighted by atomic mass is 15.2. The number of fused-ring (bicyclic) bond motifs is 1. The van der Waals surface area contributed by atoms with Gasteiger partial charge in [-0.3, -0.25) is 5.84 Å². The van der Waals surface area contributed by atoms with Crippen molar-refractivity contribution in [3.8, 4) is 44.5 Å². The molecule has 0 fully saturated rings. The summed E-state index contributed by atoms with van der Waals surface area (Å²) in [4.78, 5) is 0. The fraction of sp³-hybridized carbons (Fsp3) is 0.105. The molecule has 0 atom stereocenters. The molecule has 0 spiro atoms. The smallest absolute Gasteiger partial charge is 0.0648 e. The maximum atomic E-state index is 6.22. The SMILES string of the molecule is CCc1ccc(-c2ccc(-c3cc4ccccc4c(NN)c3-c3ccc(-c4ccc(CC)cc4)cc3)cc2)cc1. The Kier molecular flexibility index (Phi) is 7.18. The van der Waals surface area contributed by atoms with Crippen molar-refractivity contribution in [1.29, 1.82) is 0 Å². The molecule has 2 heteroatoms. The number of anilines is 1. The Balaban J connectivity index is 1.45. The first kappa shape index (κ1) is 25.6. The van der Waals surface area contributed by atoms with Crippen LogP contribution in [0.1, 0.15) is 25.0 Å². The Bertz CT molecular complexity index is 1750. The quantitative estimate of drug-likeness (QED) is 0.163. The number of nitrogens with one attached hydrogen (secondary N) is 1. The van der Waals surface area contributed by atoms with E-state index in [1.165, 1.54) is 33.4 Å². The van der Waals surface area contributed by atoms with E-state index in [1.54, 1.807) is 0 Å². The largest absolute Gasteiger partial charge is 0.323 e. The number of benzene rings is 6. The van der Waals surface area contributed by atoms with Gasteiger partial charge in [0.25, 0.3) is 0 Å². The lowest BCUT2D eigenvalue weighted by Crippen LogP contribution is -2.09. The van der Waals surface area contributed by atoms with Gasteiger partial charge in [0.2, 0.25) is 0 Å². The zero-order chi connectivity index (χ0) is 27.5. The highest BCUT2D eigenvalue weighted by molar-refractivity contribution is 6.08. The van der Waals surface area contributed by atoms with Crippen LogP contribution in [0.15, 0.2) is 127 Å². The predicted molar refractivity (Wildman–Crippen MR) is 172 cm³/mol. The van der Waals surface area contributed by atoms with E-state index in [9.17, 15) is 0 Å². The van der Waals surface area contributed by atoms with Crippen LogP contribution in [0, 0.1) is 0 Å². The first-order chi connectivity index (χ1) is 19.7. The van der Waals surface area contributed by atoms with E-state index in [1.807, 2.05) is 0 Å². The van der Waals surface area contributed by atoms with Crippen LogP contribution in [0.3, 0.4) is 0 Å². The summed E-state index contributed by atoms with van der Waals surface area (Å²) in [5.41, 5.74) is 16.1. The molecule has 0 saturated carbocycles. The van der Waals surface area contributed by atoms with Gasteiger partial charge in [-0.15, -0.1) is 0 Å². The number of nitrogen functional groups attached to an aromatic ring is 1. The summed E-state index contributed by atoms with van der Waals surface area (Å²) in [6.45, 7) is 4.37. The molecule has 6 rings (SSSR count). The van der Waals surface area contributed by atoms with Gasteiger partial charge in [0.05, 0.1) is 5.69 Å². The summed E-state index contributed by atoms with van der Waals surface area (Å²) >= 11 is 0. The number of aryl methyl sites for hydroxylation is 2. The fourth-order valence-electron chi connectivity index (χ4n) is 5.56. The van der Waals surface area contributed by atoms with Crippen molar-refractivity contribution in [2.24, 2.45) is 5.84 Å². The molecule has 0 unspecified atom stereocenters. The van der Waals surface area contributed by atoms with E-state index in [0.29, 0.717) is 0 Å². The van der Waals surface area contributed by atoms with Gasteiger partial charge < -0.3 is 5.43 Å². The minimum atomic E-state index is 0.937. The van der Waals surface area contributed by atoms with Crippen LogP contribution in [0.4, 0.5) is 5.69 Å². The van der Waals surface area contributed by atoms with Crippen molar-refractivity contribution in [2.75, 3.05) is 5.43 Å². The molecule has 6 aromatic carbocycles. The number of hydrogen-bond donors (Lipinski definition) is 2. The van der Waals surface area contributed by atoms with Gasteiger partial charge in [-0.2, -0.15) is 0 Å². The van der Waals surface area contributed by atoms with Crippen molar-refractivity contribution >= 4 is 16.5 Å². The van der Waals surface area contributed by atoms with Gasteiger partial charge in [0.15, 0.2) is 0 Å². The molecule has 0 amide bonds. The number of hydrazine groups is 1. The average Bonchev–Trinajstić information content (AvgIpc) is 3.04. The van der Waals surface area contributed by atoms with Crippen molar-refractivity contribution in [1.82, 2.24) is 0 Å². The molecule has 0 aliphatic heterocycles. The van der Waals surface area contributed by atoms with E-state index in [0.717, 1.165) is 51.6 Å². The van der Waals surface area contributed by atoms with Crippen LogP contribution >= 0.6 is 0 Å². The van der Waals surface area contributed by atoms with E-state index in [-0.39, 0.29) is 0 Å². The van der Waals surface area contributed by atoms with Crippen LogP contribution in [0.5, 0.6) is 0 Å². The third kappa shape index (κ3) is 4.90. The summed E-state index contributed by atoms with van der Waals surface area (Å²) in [6, 6.07) is 46.1. The molecule has 0 saturated heterocycles. The van der Waals surface area contributed by atoms with Crippen LogP contribution in [-0.2, 0) is 12.8 Å². The maximum Gasteiger partial charge on any atom is 0.0648 e. The Morgan fingerprint density at radius 2 is 0.925 bits per heavy atom. The molecule has 2 nitrogen and oxygen atoms in total. The van der Waals surface area contributed by atoms with Gasteiger partial charge >= 0.3 is 0 Å². The minimum absolute atomic E-state index is 0.937. The van der Waals surface area contributed by atoms with E-state index in [4.69, 9.17) is 5.84 Å². The monoisotopic (exact) mass is 518 g/mol. The van der Waals surface area contributed by atoms with E-state index < -0.39 is 0 Å². The molecule has 0 aliphatic carbocycles. The van der Waals surface area contributed by atoms with Crippen molar-refractivity contribution in [2.45, 2.75) is 26.7 Å². The molecule has 3 N–H and O–H groups in total. The van der Waals surface area contributed by atoms with Crippen LogP contribution in [0.2, 0.25) is 0 Å². The summed E-state index contributed by atoms with van der Waals surface area (Å²) in [7, 11) is 0. The Morgan fingerprint density at radius 3 is 1.40 bits per heavy atom. The summed E-state index contributed by atoms with van der Waals surface area (Å²) in [5, 5.41) is 2.26. The zero-order valence-electron chi connectivity index (χ0n) is 23.1. The van der Waals surface area contributed by atoms with Crippen LogP contribution in [0.25, 0.3) is 55.3 Å². The Hall–Kier alpha value is -4.66. The third-order valence-corrected chi connectivity index (χ3v) is 7.95. The molecule has 196 valence electrons. The Labute approximate surface area is 237 Å². The molecule has 0 radical (unpaired) electrons. The van der Waals surface area contributed by atoms with Crippen molar-refractivity contribution < 1.29 is 0 Å². The van der Waals surface area contributed by atoms with Gasteiger partial charge in [-0.05, 0) is 74.4 Å². The third-order valence-electron chi connectivity index (χ3n) is 7.95. The molecule has 0 heterocycles. The van der Waals surface area contributed by atoms with E-state index >= 15 is 0 Å². The first-order valence-electron chi connectivity index (χ1n) is 14.1. The lowest BCUT2D eigenvalue weighted by molar-refractivity contribution is 1.14. The lowest BCUT2D eigenvalue weighted by atomic mass is 9.88. The van der Waals surface area contributed by atoms with Gasteiger partial charge in [-0.1, -0.05) is 135 Å². The number of rotatable bonds is 7. The normalized spacial score (nSPS) is 11.1. The fourth-order valence-corrected chi connectivity index (χ4v) is 5.56. The maximum absolute atomic E-state index is 6.22. The zero-order valence-corrected chi connectivity index (χ0v) is 23.1. The molecule has 6 aromatic rings.